The highest BCUT2D eigenvalue weighted by molar-refractivity contribution is 9.09. The molecule has 35 heavy (non-hydrogen) atoms. The number of aliphatic imine (C=N–C) groups is 1. The highest BCUT2D eigenvalue weighted by Gasteiger charge is 2.48. The van der Waals surface area contributed by atoms with Gasteiger partial charge in [-0.1, -0.05) is 76.6 Å². The first kappa shape index (κ1) is 25.4. The standard InChI is InChI=1S/C29H34BrN3O2/c1-29(2,3)35-28(34)33-25(16-22-14-15-23(30)17-26(22)33)18-24(19-31)32-27(20-10-6-4-7-11-20)21-12-8-5-9-13-21/h4-13,22-26H,14-18H2,1-3H3. The fraction of sp³-hybridized carbons (Fsp3) is 0.483. The molecule has 6 heteroatoms. The molecule has 5 nitrogen and oxygen atoms in total. The van der Waals surface area contributed by atoms with Crippen LogP contribution in [0.15, 0.2) is 65.7 Å². The summed E-state index contributed by atoms with van der Waals surface area (Å²) in [6, 6.07) is 21.9. The van der Waals surface area contributed by atoms with Gasteiger partial charge in [-0.3, -0.25) is 4.99 Å². The summed E-state index contributed by atoms with van der Waals surface area (Å²) in [5, 5.41) is 10.1. The summed E-state index contributed by atoms with van der Waals surface area (Å²) >= 11 is 3.78. The lowest BCUT2D eigenvalue weighted by Crippen LogP contribution is -2.47. The van der Waals surface area contributed by atoms with Crippen LogP contribution in [0, 0.1) is 17.2 Å². The van der Waals surface area contributed by atoms with Crippen molar-refractivity contribution in [3.63, 3.8) is 0 Å². The third-order valence-electron chi connectivity index (χ3n) is 6.85. The van der Waals surface area contributed by atoms with Crippen molar-refractivity contribution in [2.45, 2.75) is 81.4 Å². The largest absolute Gasteiger partial charge is 0.444 e. The number of nitriles is 1. The Morgan fingerprint density at radius 1 is 1.09 bits per heavy atom. The summed E-state index contributed by atoms with van der Waals surface area (Å²) in [5.74, 6) is 0.437. The first-order valence-electron chi connectivity index (χ1n) is 12.5. The van der Waals surface area contributed by atoms with Crippen LogP contribution in [0.5, 0.6) is 0 Å². The molecular weight excluding hydrogens is 502 g/mol. The molecule has 2 fully saturated rings. The maximum absolute atomic E-state index is 13.3. The Bertz CT molecular complexity index is 1030. The fourth-order valence-electron chi connectivity index (χ4n) is 5.37. The molecule has 1 saturated carbocycles. The number of benzene rings is 2. The molecule has 1 aliphatic heterocycles. The van der Waals surface area contributed by atoms with Crippen LogP contribution < -0.4 is 0 Å². The Labute approximate surface area is 217 Å². The third kappa shape index (κ3) is 6.32. The van der Waals surface area contributed by atoms with Crippen molar-refractivity contribution < 1.29 is 9.53 Å². The second kappa shape index (κ2) is 11.0. The van der Waals surface area contributed by atoms with E-state index in [9.17, 15) is 10.1 Å². The van der Waals surface area contributed by atoms with Crippen LogP contribution in [0.2, 0.25) is 0 Å². The number of hydrogen-bond donors (Lipinski definition) is 0. The molecule has 1 heterocycles. The number of ether oxygens (including phenoxy) is 1. The SMILES string of the molecule is CC(C)(C)OC(=O)N1C(CC(C#N)N=C(c2ccccc2)c2ccccc2)CC2CCC(Br)CC21. The zero-order chi connectivity index (χ0) is 25.0. The quantitative estimate of drug-likeness (QED) is 0.314. The molecule has 2 aromatic rings. The number of likely N-dealkylation sites (tertiary alicyclic amines) is 1. The predicted molar refractivity (Wildman–Crippen MR) is 143 cm³/mol. The van der Waals surface area contributed by atoms with E-state index in [4.69, 9.17) is 9.73 Å². The van der Waals surface area contributed by atoms with E-state index in [-0.39, 0.29) is 18.2 Å². The van der Waals surface area contributed by atoms with Gasteiger partial charge < -0.3 is 9.64 Å². The van der Waals surface area contributed by atoms with Crippen LogP contribution in [0.25, 0.3) is 0 Å². The van der Waals surface area contributed by atoms with Gasteiger partial charge in [0.25, 0.3) is 0 Å². The first-order chi connectivity index (χ1) is 16.7. The van der Waals surface area contributed by atoms with Crippen LogP contribution in [-0.4, -0.2) is 45.3 Å². The van der Waals surface area contributed by atoms with Gasteiger partial charge in [-0.2, -0.15) is 5.26 Å². The zero-order valence-corrected chi connectivity index (χ0v) is 22.3. The van der Waals surface area contributed by atoms with Gasteiger partial charge in [-0.15, -0.1) is 0 Å². The number of nitrogens with zero attached hydrogens (tertiary/aromatic N) is 3. The van der Waals surface area contributed by atoms with Crippen LogP contribution in [-0.2, 0) is 4.74 Å². The van der Waals surface area contributed by atoms with Gasteiger partial charge in [0, 0.05) is 34.5 Å². The molecule has 0 radical (unpaired) electrons. The van der Waals surface area contributed by atoms with E-state index in [1.165, 1.54) is 0 Å². The van der Waals surface area contributed by atoms with Crippen molar-refractivity contribution >= 4 is 27.7 Å². The van der Waals surface area contributed by atoms with Crippen molar-refractivity contribution in [3.8, 4) is 6.07 Å². The van der Waals surface area contributed by atoms with E-state index in [1.807, 2.05) is 86.3 Å². The molecule has 1 aliphatic carbocycles. The number of amides is 1. The Kier molecular flexibility index (Phi) is 7.96. The normalized spacial score (nSPS) is 24.7. The molecule has 2 aliphatic rings. The molecule has 184 valence electrons. The summed E-state index contributed by atoms with van der Waals surface area (Å²) in [6.45, 7) is 5.70. The number of alkyl halides is 1. The average molecular weight is 537 g/mol. The van der Waals surface area contributed by atoms with Crippen LogP contribution in [0.3, 0.4) is 0 Å². The van der Waals surface area contributed by atoms with Gasteiger partial charge in [0.2, 0.25) is 0 Å². The molecule has 1 amide bonds. The summed E-state index contributed by atoms with van der Waals surface area (Å²) in [5.41, 5.74) is 2.19. The number of carbonyl (C=O) groups excluding carboxylic acids is 1. The predicted octanol–water partition coefficient (Wildman–Crippen LogP) is 6.75. The number of hydrogen-bond acceptors (Lipinski definition) is 4. The first-order valence-corrected chi connectivity index (χ1v) is 13.4. The molecule has 1 saturated heterocycles. The highest BCUT2D eigenvalue weighted by atomic mass is 79.9. The lowest BCUT2D eigenvalue weighted by molar-refractivity contribution is 0.00995. The molecule has 2 aromatic carbocycles. The van der Waals surface area contributed by atoms with Crippen molar-refractivity contribution in [1.29, 1.82) is 5.26 Å². The maximum Gasteiger partial charge on any atom is 0.410 e. The second-order valence-corrected chi connectivity index (χ2v) is 11.9. The number of rotatable bonds is 5. The Balaban J connectivity index is 1.64. The topological polar surface area (TPSA) is 65.7 Å². The summed E-state index contributed by atoms with van der Waals surface area (Å²) in [7, 11) is 0. The minimum Gasteiger partial charge on any atom is -0.444 e. The van der Waals surface area contributed by atoms with Gasteiger partial charge in [0.05, 0.1) is 11.8 Å². The lowest BCUT2D eigenvalue weighted by atomic mass is 9.84. The second-order valence-electron chi connectivity index (χ2n) is 10.6. The fourth-order valence-corrected chi connectivity index (χ4v) is 6.02. The van der Waals surface area contributed by atoms with E-state index in [2.05, 4.69) is 22.0 Å². The van der Waals surface area contributed by atoms with Gasteiger partial charge >= 0.3 is 6.09 Å². The summed E-state index contributed by atoms with van der Waals surface area (Å²) in [4.78, 5) is 20.6. The zero-order valence-electron chi connectivity index (χ0n) is 20.7. The maximum atomic E-state index is 13.3. The van der Waals surface area contributed by atoms with Crippen LogP contribution in [0.1, 0.15) is 64.0 Å². The Morgan fingerprint density at radius 2 is 1.69 bits per heavy atom. The highest BCUT2D eigenvalue weighted by Crippen LogP contribution is 2.43. The van der Waals surface area contributed by atoms with Crippen molar-refractivity contribution in [2.75, 3.05) is 0 Å². The Hall–Kier alpha value is -2.65. The van der Waals surface area contributed by atoms with Gasteiger partial charge in [0.1, 0.15) is 11.6 Å². The number of fused-ring (bicyclic) bond motifs is 1. The molecule has 0 spiro atoms. The van der Waals surface area contributed by atoms with E-state index < -0.39 is 11.6 Å². The number of carbonyl (C=O) groups is 1. The van der Waals surface area contributed by atoms with Gasteiger partial charge in [-0.05, 0) is 52.4 Å². The lowest BCUT2D eigenvalue weighted by Gasteiger charge is -2.37. The van der Waals surface area contributed by atoms with Crippen molar-refractivity contribution in [1.82, 2.24) is 4.90 Å². The summed E-state index contributed by atoms with van der Waals surface area (Å²) in [6.07, 6.45) is 4.23. The van der Waals surface area contributed by atoms with Crippen LogP contribution in [0.4, 0.5) is 4.79 Å². The molecule has 5 unspecified atom stereocenters. The average Bonchev–Trinajstić information content (AvgIpc) is 3.18. The van der Waals surface area contributed by atoms with Gasteiger partial charge in [0.15, 0.2) is 0 Å². The van der Waals surface area contributed by atoms with Crippen molar-refractivity contribution in [2.24, 2.45) is 10.9 Å². The minimum absolute atomic E-state index is 0.0705. The molecule has 0 aromatic heterocycles. The monoisotopic (exact) mass is 535 g/mol. The van der Waals surface area contributed by atoms with Crippen molar-refractivity contribution in [3.05, 3.63) is 71.8 Å². The van der Waals surface area contributed by atoms with Crippen LogP contribution >= 0.6 is 15.9 Å². The van der Waals surface area contributed by atoms with Gasteiger partial charge in [-0.25, -0.2) is 4.79 Å². The molecule has 0 bridgehead atoms. The Morgan fingerprint density at radius 3 is 2.23 bits per heavy atom. The summed E-state index contributed by atoms with van der Waals surface area (Å²) < 4.78 is 5.82. The molecule has 4 rings (SSSR count). The molecular formula is C29H34BrN3O2. The number of halogens is 1. The van der Waals surface area contributed by atoms with E-state index in [0.29, 0.717) is 17.2 Å². The third-order valence-corrected chi connectivity index (χ3v) is 7.68. The molecule has 5 atom stereocenters. The minimum atomic E-state index is -0.569. The smallest absolute Gasteiger partial charge is 0.410 e. The molecule has 0 N–H and O–H groups in total. The van der Waals surface area contributed by atoms with E-state index in [0.717, 1.165) is 42.5 Å². The van der Waals surface area contributed by atoms with E-state index in [1.54, 1.807) is 0 Å². The van der Waals surface area contributed by atoms with E-state index >= 15 is 0 Å².